The van der Waals surface area contributed by atoms with Gasteiger partial charge in [0.05, 0.1) is 6.54 Å². The molecule has 0 aromatic carbocycles. The van der Waals surface area contributed by atoms with Crippen LogP contribution in [0.2, 0.25) is 0 Å². The summed E-state index contributed by atoms with van der Waals surface area (Å²) in [6.07, 6.45) is 3.91. The van der Waals surface area contributed by atoms with Crippen LogP contribution in [0.4, 0.5) is 0 Å². The molecular weight excluding hydrogens is 168 g/mol. The van der Waals surface area contributed by atoms with E-state index < -0.39 is 0 Å². The molecule has 0 radical (unpaired) electrons. The number of amides is 1. The minimum Gasteiger partial charge on any atom is -0.396 e. The number of aliphatic hydroxyl groups excluding tert-OH is 1. The molecule has 1 saturated heterocycles. The van der Waals surface area contributed by atoms with E-state index >= 15 is 0 Å². The number of piperidine rings is 1. The van der Waals surface area contributed by atoms with Gasteiger partial charge in [0.1, 0.15) is 0 Å². The average Bonchev–Trinajstić information content (AvgIpc) is 2.18. The summed E-state index contributed by atoms with van der Waals surface area (Å²) >= 11 is 0. The van der Waals surface area contributed by atoms with Crippen LogP contribution < -0.4 is 5.73 Å². The van der Waals surface area contributed by atoms with Gasteiger partial charge in [-0.1, -0.05) is 0 Å². The van der Waals surface area contributed by atoms with E-state index in [1.807, 2.05) is 4.90 Å². The lowest BCUT2D eigenvalue weighted by Gasteiger charge is -2.35. The summed E-state index contributed by atoms with van der Waals surface area (Å²) < 4.78 is 0. The van der Waals surface area contributed by atoms with E-state index in [2.05, 4.69) is 0 Å². The highest BCUT2D eigenvalue weighted by molar-refractivity contribution is 5.78. The number of carbonyl (C=O) groups is 1. The third-order valence-electron chi connectivity index (χ3n) is 2.58. The van der Waals surface area contributed by atoms with Crippen LogP contribution in [-0.2, 0) is 4.79 Å². The molecule has 0 aromatic heterocycles. The van der Waals surface area contributed by atoms with Gasteiger partial charge < -0.3 is 15.7 Å². The van der Waals surface area contributed by atoms with Crippen LogP contribution in [0.5, 0.6) is 0 Å². The topological polar surface area (TPSA) is 66.6 Å². The van der Waals surface area contributed by atoms with Gasteiger partial charge in [0, 0.05) is 19.2 Å². The van der Waals surface area contributed by atoms with Crippen LogP contribution in [0.3, 0.4) is 0 Å². The van der Waals surface area contributed by atoms with Crippen molar-refractivity contribution in [2.75, 3.05) is 19.7 Å². The lowest BCUT2D eigenvalue weighted by atomic mass is 9.99. The minimum absolute atomic E-state index is 0.0122. The first-order chi connectivity index (χ1) is 6.29. The predicted octanol–water partition coefficient (Wildman–Crippen LogP) is -0.291. The first-order valence-corrected chi connectivity index (χ1v) is 4.90. The van der Waals surface area contributed by atoms with Crippen molar-refractivity contribution in [1.82, 2.24) is 4.90 Å². The van der Waals surface area contributed by atoms with Gasteiger partial charge in [0.25, 0.3) is 0 Å². The molecular formula is C9H18N2O2. The van der Waals surface area contributed by atoms with E-state index in [9.17, 15) is 4.79 Å². The maximum Gasteiger partial charge on any atom is 0.236 e. The van der Waals surface area contributed by atoms with E-state index in [1.54, 1.807) is 0 Å². The second-order valence-corrected chi connectivity index (χ2v) is 3.45. The molecule has 4 nitrogen and oxygen atoms in total. The van der Waals surface area contributed by atoms with Crippen LogP contribution in [0.1, 0.15) is 25.7 Å². The van der Waals surface area contributed by atoms with Gasteiger partial charge in [-0.15, -0.1) is 0 Å². The first-order valence-electron chi connectivity index (χ1n) is 4.90. The number of likely N-dealkylation sites (tertiary alicyclic amines) is 1. The third-order valence-corrected chi connectivity index (χ3v) is 2.58. The average molecular weight is 186 g/mol. The normalized spacial score (nSPS) is 23.2. The molecule has 1 aliphatic rings. The van der Waals surface area contributed by atoms with E-state index in [4.69, 9.17) is 10.8 Å². The Morgan fingerprint density at radius 3 is 2.92 bits per heavy atom. The second-order valence-electron chi connectivity index (χ2n) is 3.45. The highest BCUT2D eigenvalue weighted by Gasteiger charge is 2.24. The Morgan fingerprint density at radius 2 is 2.31 bits per heavy atom. The summed E-state index contributed by atoms with van der Waals surface area (Å²) in [6, 6.07) is 0.217. The molecule has 4 heteroatoms. The van der Waals surface area contributed by atoms with Crippen molar-refractivity contribution in [3.63, 3.8) is 0 Å². The van der Waals surface area contributed by atoms with E-state index in [-0.39, 0.29) is 25.1 Å². The van der Waals surface area contributed by atoms with Crippen molar-refractivity contribution in [2.24, 2.45) is 5.73 Å². The summed E-state index contributed by atoms with van der Waals surface area (Å²) in [5, 5.41) is 8.82. The van der Waals surface area contributed by atoms with Crippen LogP contribution in [0.25, 0.3) is 0 Å². The van der Waals surface area contributed by atoms with Gasteiger partial charge >= 0.3 is 0 Å². The third kappa shape index (κ3) is 2.67. The number of nitrogens with two attached hydrogens (primary N) is 1. The molecule has 0 saturated carbocycles. The van der Waals surface area contributed by atoms with Crippen molar-refractivity contribution >= 4 is 5.91 Å². The van der Waals surface area contributed by atoms with Gasteiger partial charge in [-0.3, -0.25) is 4.79 Å². The fourth-order valence-corrected chi connectivity index (χ4v) is 1.90. The quantitative estimate of drug-likeness (QED) is 0.636. The molecule has 76 valence electrons. The Morgan fingerprint density at radius 1 is 1.54 bits per heavy atom. The van der Waals surface area contributed by atoms with E-state index in [1.165, 1.54) is 0 Å². The molecule has 0 aromatic rings. The summed E-state index contributed by atoms with van der Waals surface area (Å²) in [7, 11) is 0. The maximum absolute atomic E-state index is 11.4. The second kappa shape index (κ2) is 5.19. The summed E-state index contributed by atoms with van der Waals surface area (Å²) in [5.41, 5.74) is 5.31. The summed E-state index contributed by atoms with van der Waals surface area (Å²) in [6.45, 7) is 1.04. The monoisotopic (exact) mass is 186 g/mol. The smallest absolute Gasteiger partial charge is 0.236 e. The largest absolute Gasteiger partial charge is 0.396 e. The zero-order chi connectivity index (χ0) is 9.68. The van der Waals surface area contributed by atoms with Gasteiger partial charge in [0.2, 0.25) is 5.91 Å². The fourth-order valence-electron chi connectivity index (χ4n) is 1.90. The summed E-state index contributed by atoms with van der Waals surface area (Å²) in [5.74, 6) is 0.0122. The molecule has 0 aliphatic carbocycles. The van der Waals surface area contributed by atoms with Crippen LogP contribution in [0.15, 0.2) is 0 Å². The zero-order valence-corrected chi connectivity index (χ0v) is 7.91. The van der Waals surface area contributed by atoms with Gasteiger partial charge in [0.15, 0.2) is 0 Å². The number of rotatable bonds is 3. The van der Waals surface area contributed by atoms with E-state index in [0.717, 1.165) is 25.8 Å². The zero-order valence-electron chi connectivity index (χ0n) is 7.91. The van der Waals surface area contributed by atoms with Crippen molar-refractivity contribution < 1.29 is 9.90 Å². The molecule has 0 bridgehead atoms. The molecule has 13 heavy (non-hydrogen) atoms. The summed E-state index contributed by atoms with van der Waals surface area (Å²) in [4.78, 5) is 13.2. The van der Waals surface area contributed by atoms with Crippen molar-refractivity contribution in [3.8, 4) is 0 Å². The molecule has 1 unspecified atom stereocenters. The number of hydrogen-bond donors (Lipinski definition) is 2. The Kier molecular flexibility index (Phi) is 4.18. The molecule has 1 amide bonds. The van der Waals surface area contributed by atoms with Gasteiger partial charge in [-0.25, -0.2) is 0 Å². The Balaban J connectivity index is 2.50. The lowest BCUT2D eigenvalue weighted by Crippen LogP contribution is -2.46. The molecule has 1 rings (SSSR count). The van der Waals surface area contributed by atoms with Crippen LogP contribution in [-0.4, -0.2) is 41.7 Å². The van der Waals surface area contributed by atoms with E-state index in [0.29, 0.717) is 6.42 Å². The Hall–Kier alpha value is -0.610. The molecule has 1 heterocycles. The fraction of sp³-hybridized carbons (Fsp3) is 0.889. The number of carbonyl (C=O) groups excluding carboxylic acids is 1. The SMILES string of the molecule is NCC(=O)N1CCCCC1CCO. The molecule has 1 fully saturated rings. The van der Waals surface area contributed by atoms with Crippen molar-refractivity contribution in [3.05, 3.63) is 0 Å². The van der Waals surface area contributed by atoms with Crippen molar-refractivity contribution in [1.29, 1.82) is 0 Å². The van der Waals surface area contributed by atoms with Crippen LogP contribution >= 0.6 is 0 Å². The van der Waals surface area contributed by atoms with Crippen LogP contribution in [0, 0.1) is 0 Å². The number of aliphatic hydroxyl groups is 1. The Labute approximate surface area is 78.7 Å². The van der Waals surface area contributed by atoms with Gasteiger partial charge in [-0.05, 0) is 25.7 Å². The van der Waals surface area contributed by atoms with Crippen molar-refractivity contribution in [2.45, 2.75) is 31.7 Å². The molecule has 0 spiro atoms. The predicted molar refractivity (Wildman–Crippen MR) is 50.1 cm³/mol. The first kappa shape index (κ1) is 10.5. The maximum atomic E-state index is 11.4. The molecule has 1 aliphatic heterocycles. The minimum atomic E-state index is 0.0122. The highest BCUT2D eigenvalue weighted by atomic mass is 16.3. The lowest BCUT2D eigenvalue weighted by molar-refractivity contribution is -0.133. The molecule has 3 N–H and O–H groups in total. The standard InChI is InChI=1S/C9H18N2O2/c10-7-9(13)11-5-2-1-3-8(11)4-6-12/h8,12H,1-7,10H2. The molecule has 1 atom stereocenters. The van der Waals surface area contributed by atoms with Gasteiger partial charge in [-0.2, -0.15) is 0 Å². The number of hydrogen-bond acceptors (Lipinski definition) is 3. The number of nitrogens with zero attached hydrogens (tertiary/aromatic N) is 1. The Bertz CT molecular complexity index is 171. The highest BCUT2D eigenvalue weighted by Crippen LogP contribution is 2.19.